The Morgan fingerprint density at radius 2 is 2.21 bits per heavy atom. The first-order chi connectivity index (χ1) is 11.3. The van der Waals surface area contributed by atoms with E-state index < -0.39 is 18.0 Å². The average molecular weight is 351 g/mol. The van der Waals surface area contributed by atoms with E-state index >= 15 is 0 Å². The van der Waals surface area contributed by atoms with Gasteiger partial charge in [-0.2, -0.15) is 0 Å². The van der Waals surface area contributed by atoms with Crippen LogP contribution in [0.3, 0.4) is 0 Å². The summed E-state index contributed by atoms with van der Waals surface area (Å²) in [5.41, 5.74) is 0.823. The second-order valence-corrected chi connectivity index (χ2v) is 7.51. The van der Waals surface area contributed by atoms with Gasteiger partial charge in [0, 0.05) is 24.0 Å². The van der Waals surface area contributed by atoms with Crippen LogP contribution in [0, 0.1) is 11.8 Å². The molecule has 7 nitrogen and oxygen atoms in total. The third-order valence-corrected chi connectivity index (χ3v) is 5.61. The van der Waals surface area contributed by atoms with Crippen molar-refractivity contribution < 1.29 is 19.8 Å². The van der Waals surface area contributed by atoms with Gasteiger partial charge >= 0.3 is 5.97 Å². The first kappa shape index (κ1) is 17.1. The van der Waals surface area contributed by atoms with Crippen LogP contribution < -0.4 is 0 Å². The van der Waals surface area contributed by atoms with Crippen molar-refractivity contribution in [1.29, 1.82) is 0 Å². The second kappa shape index (κ2) is 6.27. The highest BCUT2D eigenvalue weighted by Crippen LogP contribution is 2.47. The van der Waals surface area contributed by atoms with Gasteiger partial charge in [0.2, 0.25) is 5.91 Å². The average Bonchev–Trinajstić information content (AvgIpc) is 3.06. The minimum atomic E-state index is -1.08. The normalized spacial score (nSPS) is 27.5. The molecular weight excluding hydrogens is 330 g/mol. The first-order valence-electron chi connectivity index (χ1n) is 7.87. The third-order valence-electron chi connectivity index (χ3n) is 4.85. The number of hydrogen-bond donors (Lipinski definition) is 2. The summed E-state index contributed by atoms with van der Waals surface area (Å²) in [6, 6.07) is -0.258. The molecule has 4 atom stereocenters. The van der Waals surface area contributed by atoms with Gasteiger partial charge in [0.15, 0.2) is 0 Å². The Morgan fingerprint density at radius 3 is 2.75 bits per heavy atom. The number of hydrogen-bond acceptors (Lipinski definition) is 6. The summed E-state index contributed by atoms with van der Waals surface area (Å²) in [5, 5.41) is 22.3. The number of amides is 1. The maximum Gasteiger partial charge on any atom is 0.352 e. The number of carbonyl (C=O) groups is 2. The molecule has 0 radical (unpaired) electrons. The van der Waals surface area contributed by atoms with Gasteiger partial charge in [-0.1, -0.05) is 6.92 Å². The third kappa shape index (κ3) is 2.64. The molecule has 8 heteroatoms. The van der Waals surface area contributed by atoms with E-state index in [4.69, 9.17) is 0 Å². The summed E-state index contributed by atoms with van der Waals surface area (Å²) in [7, 11) is 1.91. The zero-order valence-corrected chi connectivity index (χ0v) is 14.7. The van der Waals surface area contributed by atoms with Crippen LogP contribution in [0.5, 0.6) is 0 Å². The Morgan fingerprint density at radius 1 is 1.50 bits per heavy atom. The molecule has 1 aromatic rings. The Bertz CT molecular complexity index is 686. The monoisotopic (exact) mass is 351 g/mol. The van der Waals surface area contributed by atoms with Gasteiger partial charge in [-0.25, -0.2) is 9.78 Å². The van der Waals surface area contributed by atoms with Crippen LogP contribution >= 0.6 is 11.3 Å². The first-order valence-corrected chi connectivity index (χ1v) is 8.75. The number of carboxylic acid groups (broad SMARTS) is 1. The van der Waals surface area contributed by atoms with Gasteiger partial charge in [-0.3, -0.25) is 9.69 Å². The van der Waals surface area contributed by atoms with Crippen LogP contribution in [0.25, 0.3) is 0 Å². The number of aliphatic carboxylic acids is 1. The van der Waals surface area contributed by atoms with Crippen molar-refractivity contribution in [2.75, 3.05) is 13.6 Å². The second-order valence-electron chi connectivity index (χ2n) is 6.53. The number of aromatic nitrogens is 1. The van der Waals surface area contributed by atoms with E-state index in [-0.39, 0.29) is 23.6 Å². The Kier molecular flexibility index (Phi) is 4.46. The Balaban J connectivity index is 1.83. The number of fused-ring (bicyclic) bond motifs is 1. The number of thiazole rings is 1. The lowest BCUT2D eigenvalue weighted by Gasteiger charge is -2.46. The fourth-order valence-electron chi connectivity index (χ4n) is 3.76. The topological polar surface area (TPSA) is 94.0 Å². The molecule has 24 heavy (non-hydrogen) atoms. The van der Waals surface area contributed by atoms with Crippen molar-refractivity contribution >= 4 is 23.2 Å². The fourth-order valence-corrected chi connectivity index (χ4v) is 4.46. The number of aliphatic hydroxyl groups is 1. The van der Waals surface area contributed by atoms with Gasteiger partial charge < -0.3 is 15.1 Å². The van der Waals surface area contributed by atoms with E-state index in [1.165, 1.54) is 4.90 Å². The molecule has 0 saturated carbocycles. The SMILES string of the molecule is C[C@@H](O)[C@H]1C(=O)N2C(C(=O)O)=C(CN(C)Cc3nccs3)[C@H](C)[C@H]12. The molecule has 0 unspecified atom stereocenters. The summed E-state index contributed by atoms with van der Waals surface area (Å²) in [4.78, 5) is 31.6. The number of rotatable bonds is 6. The number of carbonyl (C=O) groups excluding carboxylic acids is 1. The number of nitrogens with zero attached hydrogens (tertiary/aromatic N) is 3. The molecule has 0 aliphatic carbocycles. The minimum Gasteiger partial charge on any atom is -0.477 e. The highest BCUT2D eigenvalue weighted by Gasteiger charge is 2.59. The smallest absolute Gasteiger partial charge is 0.352 e. The predicted molar refractivity (Wildman–Crippen MR) is 88.1 cm³/mol. The number of likely N-dealkylation sites (N-methyl/N-ethyl adjacent to an activating group) is 1. The van der Waals surface area contributed by atoms with Crippen molar-refractivity contribution in [3.63, 3.8) is 0 Å². The molecule has 0 aromatic carbocycles. The molecule has 0 spiro atoms. The molecular formula is C16H21N3O4S. The van der Waals surface area contributed by atoms with E-state index in [1.54, 1.807) is 24.5 Å². The Hall–Kier alpha value is -1.77. The molecule has 2 N–H and O–H groups in total. The predicted octanol–water partition coefficient (Wildman–Crippen LogP) is 0.771. The molecule has 1 fully saturated rings. The summed E-state index contributed by atoms with van der Waals surface area (Å²) < 4.78 is 0. The van der Waals surface area contributed by atoms with Gasteiger partial charge in [0.1, 0.15) is 10.7 Å². The molecule has 1 saturated heterocycles. The van der Waals surface area contributed by atoms with E-state index in [1.807, 2.05) is 24.3 Å². The number of β-lactam (4-membered cyclic amide) rings is 1. The van der Waals surface area contributed by atoms with Crippen molar-refractivity contribution in [2.45, 2.75) is 32.5 Å². The van der Waals surface area contributed by atoms with Crippen LogP contribution in [0.2, 0.25) is 0 Å². The zero-order chi connectivity index (χ0) is 17.6. The maximum absolute atomic E-state index is 12.3. The summed E-state index contributed by atoms with van der Waals surface area (Å²) >= 11 is 1.55. The number of aliphatic hydroxyl groups excluding tert-OH is 1. The van der Waals surface area contributed by atoms with Crippen LogP contribution in [0.4, 0.5) is 0 Å². The van der Waals surface area contributed by atoms with Crippen LogP contribution in [0.1, 0.15) is 18.9 Å². The van der Waals surface area contributed by atoms with Crippen LogP contribution in [-0.2, 0) is 16.1 Å². The largest absolute Gasteiger partial charge is 0.477 e. The maximum atomic E-state index is 12.3. The van der Waals surface area contributed by atoms with Crippen molar-refractivity contribution in [3.05, 3.63) is 27.9 Å². The molecule has 1 aromatic heterocycles. The lowest BCUT2D eigenvalue weighted by Crippen LogP contribution is -2.63. The molecule has 0 bridgehead atoms. The van der Waals surface area contributed by atoms with Gasteiger partial charge in [0.05, 0.1) is 24.6 Å². The summed E-state index contributed by atoms with van der Waals surface area (Å²) in [6.45, 7) is 4.59. The Labute approximate surface area is 144 Å². The van der Waals surface area contributed by atoms with Gasteiger partial charge in [-0.15, -0.1) is 11.3 Å². The fraction of sp³-hybridized carbons (Fsp3) is 0.562. The molecule has 130 valence electrons. The minimum absolute atomic E-state index is 0.0837. The van der Waals surface area contributed by atoms with E-state index in [2.05, 4.69) is 4.98 Å². The van der Waals surface area contributed by atoms with Gasteiger partial charge in [0.25, 0.3) is 0 Å². The lowest BCUT2D eigenvalue weighted by molar-refractivity contribution is -0.163. The van der Waals surface area contributed by atoms with E-state index in [0.717, 1.165) is 10.6 Å². The van der Waals surface area contributed by atoms with Crippen molar-refractivity contribution in [1.82, 2.24) is 14.8 Å². The van der Waals surface area contributed by atoms with Crippen LogP contribution in [0.15, 0.2) is 22.8 Å². The van der Waals surface area contributed by atoms with E-state index in [0.29, 0.717) is 13.1 Å². The van der Waals surface area contributed by atoms with Crippen molar-refractivity contribution in [3.8, 4) is 0 Å². The molecule has 2 aliphatic rings. The molecule has 2 aliphatic heterocycles. The standard InChI is InChI=1S/C16H21N3O4S/c1-8-10(6-18(3)7-11-17-4-5-24-11)14(16(22)23)19-13(8)12(9(2)20)15(19)21/h4-5,8-9,12-13,20H,6-7H2,1-3H3,(H,22,23)/t8-,9+,12+,13+/m0/s1. The van der Waals surface area contributed by atoms with E-state index in [9.17, 15) is 19.8 Å². The van der Waals surface area contributed by atoms with Crippen LogP contribution in [-0.4, -0.2) is 62.6 Å². The molecule has 3 heterocycles. The summed E-state index contributed by atoms with van der Waals surface area (Å²) in [6.07, 6.45) is 0.967. The number of carboxylic acids is 1. The molecule has 3 rings (SSSR count). The van der Waals surface area contributed by atoms with Crippen molar-refractivity contribution in [2.24, 2.45) is 11.8 Å². The zero-order valence-electron chi connectivity index (χ0n) is 13.8. The van der Waals surface area contributed by atoms with Gasteiger partial charge in [-0.05, 0) is 19.5 Å². The lowest BCUT2D eigenvalue weighted by atomic mass is 9.77. The molecule has 1 amide bonds. The highest BCUT2D eigenvalue weighted by atomic mass is 32.1. The summed E-state index contributed by atoms with van der Waals surface area (Å²) in [5.74, 6) is -1.99. The highest BCUT2D eigenvalue weighted by molar-refractivity contribution is 7.09. The quantitative estimate of drug-likeness (QED) is 0.736.